The van der Waals surface area contributed by atoms with Crippen LogP contribution in [0.4, 0.5) is 0 Å². The Balaban J connectivity index is 1.52. The Bertz CT molecular complexity index is 679. The lowest BCUT2D eigenvalue weighted by molar-refractivity contribution is 0.0264. The van der Waals surface area contributed by atoms with Crippen LogP contribution in [0.3, 0.4) is 0 Å². The van der Waals surface area contributed by atoms with E-state index >= 15 is 0 Å². The fraction of sp³-hybridized carbons (Fsp3) is 0.706. The molecular weight excluding hydrogens is 306 g/mol. The van der Waals surface area contributed by atoms with Crippen molar-refractivity contribution in [1.82, 2.24) is 25.2 Å². The summed E-state index contributed by atoms with van der Waals surface area (Å²) in [5.74, 6) is 1.26. The summed E-state index contributed by atoms with van der Waals surface area (Å²) in [7, 11) is 2.03. The van der Waals surface area contributed by atoms with Gasteiger partial charge in [0.05, 0.1) is 11.8 Å². The van der Waals surface area contributed by atoms with Crippen molar-refractivity contribution in [3.8, 4) is 0 Å². The van der Waals surface area contributed by atoms with Crippen molar-refractivity contribution >= 4 is 0 Å². The van der Waals surface area contributed by atoms with Crippen molar-refractivity contribution in [3.63, 3.8) is 0 Å². The molecule has 0 bridgehead atoms. The third-order valence-electron chi connectivity index (χ3n) is 4.63. The van der Waals surface area contributed by atoms with Crippen LogP contribution < -0.4 is 5.32 Å². The van der Waals surface area contributed by atoms with Gasteiger partial charge in [-0.1, -0.05) is 19.0 Å². The van der Waals surface area contributed by atoms with Crippen molar-refractivity contribution in [3.05, 3.63) is 28.7 Å². The molecular formula is C17H27N5O2. The molecule has 1 N–H and O–H groups in total. The van der Waals surface area contributed by atoms with E-state index in [1.54, 1.807) is 0 Å². The summed E-state index contributed by atoms with van der Waals surface area (Å²) < 4.78 is 13.3. The molecule has 0 spiro atoms. The van der Waals surface area contributed by atoms with Crippen LogP contribution in [0, 0.1) is 6.92 Å². The summed E-state index contributed by atoms with van der Waals surface area (Å²) in [6.07, 6.45) is 4.03. The van der Waals surface area contributed by atoms with Gasteiger partial charge in [-0.15, -0.1) is 0 Å². The van der Waals surface area contributed by atoms with E-state index in [-0.39, 0.29) is 12.2 Å². The summed E-state index contributed by atoms with van der Waals surface area (Å²) in [5, 5.41) is 12.0. The fourth-order valence-corrected chi connectivity index (χ4v) is 3.43. The molecule has 0 aliphatic carbocycles. The van der Waals surface area contributed by atoms with Gasteiger partial charge in [0.15, 0.2) is 5.82 Å². The van der Waals surface area contributed by atoms with E-state index in [0.717, 1.165) is 38.8 Å². The molecule has 0 amide bonds. The molecule has 132 valence electrons. The molecule has 3 heterocycles. The summed E-state index contributed by atoms with van der Waals surface area (Å²) >= 11 is 0. The predicted octanol–water partition coefficient (Wildman–Crippen LogP) is 2.25. The van der Waals surface area contributed by atoms with Gasteiger partial charge < -0.3 is 14.6 Å². The minimum Gasteiger partial charge on any atom is -0.364 e. The van der Waals surface area contributed by atoms with Gasteiger partial charge in [0.25, 0.3) is 5.89 Å². The van der Waals surface area contributed by atoms with Gasteiger partial charge >= 0.3 is 0 Å². The van der Waals surface area contributed by atoms with Crippen molar-refractivity contribution in [2.75, 3.05) is 6.54 Å². The monoisotopic (exact) mass is 333 g/mol. The molecule has 7 heteroatoms. The Morgan fingerprint density at radius 1 is 1.25 bits per heavy atom. The zero-order valence-corrected chi connectivity index (χ0v) is 15.0. The summed E-state index contributed by atoms with van der Waals surface area (Å²) in [6.45, 7) is 7.82. The minimum atomic E-state index is -0.0613. The number of ether oxygens (including phenoxy) is 1. The lowest BCUT2D eigenvalue weighted by atomic mass is 10.1. The van der Waals surface area contributed by atoms with Crippen molar-refractivity contribution < 1.29 is 9.26 Å². The normalized spacial score (nSPS) is 20.8. The smallest absolute Gasteiger partial charge is 0.255 e. The quantitative estimate of drug-likeness (QED) is 0.837. The highest BCUT2D eigenvalue weighted by Crippen LogP contribution is 2.31. The zero-order valence-electron chi connectivity index (χ0n) is 15.0. The van der Waals surface area contributed by atoms with Crippen LogP contribution in [0.2, 0.25) is 0 Å². The van der Waals surface area contributed by atoms with E-state index in [0.29, 0.717) is 11.7 Å². The molecule has 1 aliphatic rings. The summed E-state index contributed by atoms with van der Waals surface area (Å²) in [4.78, 5) is 4.27. The first-order chi connectivity index (χ1) is 11.6. The summed E-state index contributed by atoms with van der Waals surface area (Å²) in [6, 6.07) is 0. The molecule has 0 radical (unpaired) electrons. The number of rotatable bonds is 7. The van der Waals surface area contributed by atoms with Crippen LogP contribution in [0.25, 0.3) is 0 Å². The number of hydrogen-bond acceptors (Lipinski definition) is 6. The predicted molar refractivity (Wildman–Crippen MR) is 89.6 cm³/mol. The average molecular weight is 333 g/mol. The van der Waals surface area contributed by atoms with Gasteiger partial charge in [0.1, 0.15) is 6.10 Å². The summed E-state index contributed by atoms with van der Waals surface area (Å²) in [5.41, 5.74) is 3.84. The second-order valence-corrected chi connectivity index (χ2v) is 6.34. The molecule has 1 saturated heterocycles. The number of aromatic nitrogens is 4. The van der Waals surface area contributed by atoms with E-state index < -0.39 is 0 Å². The van der Waals surface area contributed by atoms with Crippen LogP contribution in [0.15, 0.2) is 4.52 Å². The van der Waals surface area contributed by atoms with Gasteiger partial charge in [0.2, 0.25) is 0 Å². The van der Waals surface area contributed by atoms with E-state index in [2.05, 4.69) is 34.4 Å². The lowest BCUT2D eigenvalue weighted by Gasteiger charge is -2.13. The average Bonchev–Trinajstić information content (AvgIpc) is 3.26. The first-order valence-electron chi connectivity index (χ1n) is 8.82. The molecule has 0 aromatic carbocycles. The molecule has 0 unspecified atom stereocenters. The maximum absolute atomic E-state index is 6.04. The van der Waals surface area contributed by atoms with Gasteiger partial charge in [-0.25, -0.2) is 0 Å². The second kappa shape index (κ2) is 7.44. The van der Waals surface area contributed by atoms with E-state index in [9.17, 15) is 0 Å². The first kappa shape index (κ1) is 17.1. The lowest BCUT2D eigenvalue weighted by Crippen LogP contribution is -2.26. The van der Waals surface area contributed by atoms with E-state index in [4.69, 9.17) is 9.26 Å². The first-order valence-corrected chi connectivity index (χ1v) is 8.82. The third kappa shape index (κ3) is 3.52. The highest BCUT2D eigenvalue weighted by atomic mass is 16.5. The number of hydrogen-bond donors (Lipinski definition) is 1. The molecule has 24 heavy (non-hydrogen) atoms. The van der Waals surface area contributed by atoms with E-state index in [1.807, 2.05) is 18.7 Å². The number of nitrogens with one attached hydrogen (secondary N) is 1. The van der Waals surface area contributed by atoms with Crippen LogP contribution >= 0.6 is 0 Å². The fourth-order valence-electron chi connectivity index (χ4n) is 3.43. The maximum atomic E-state index is 6.04. The SMILES string of the molecule is CCc1nn(C)c(CC)c1CNC[C@H]1CC[C@@H](c2nc(C)no2)O1. The molecule has 2 aromatic rings. The number of aryl methyl sites for hydroxylation is 3. The van der Waals surface area contributed by atoms with Crippen molar-refractivity contribution in [1.29, 1.82) is 0 Å². The van der Waals surface area contributed by atoms with Gasteiger partial charge in [-0.3, -0.25) is 4.68 Å². The molecule has 2 aromatic heterocycles. The van der Waals surface area contributed by atoms with Crippen molar-refractivity contribution in [2.24, 2.45) is 7.05 Å². The highest BCUT2D eigenvalue weighted by molar-refractivity contribution is 5.26. The molecule has 3 rings (SSSR count). The highest BCUT2D eigenvalue weighted by Gasteiger charge is 2.30. The van der Waals surface area contributed by atoms with Crippen LogP contribution in [-0.4, -0.2) is 32.6 Å². The topological polar surface area (TPSA) is 78.0 Å². The van der Waals surface area contributed by atoms with Gasteiger partial charge in [0, 0.05) is 31.4 Å². The van der Waals surface area contributed by atoms with Gasteiger partial charge in [-0.2, -0.15) is 10.1 Å². The zero-order chi connectivity index (χ0) is 17.1. The standard InChI is InChI=1S/C17H27N5O2/c1-5-14-13(15(6-2)22(4)20-14)10-18-9-12-7-8-16(23-12)17-19-11(3)21-24-17/h12,16,18H,5-10H2,1-4H3/t12-,16+/m1/s1. The van der Waals surface area contributed by atoms with Crippen molar-refractivity contribution in [2.45, 2.75) is 65.2 Å². The Kier molecular flexibility index (Phi) is 5.30. The van der Waals surface area contributed by atoms with Crippen LogP contribution in [0.5, 0.6) is 0 Å². The Hall–Kier alpha value is -1.73. The Morgan fingerprint density at radius 3 is 2.75 bits per heavy atom. The van der Waals surface area contributed by atoms with Gasteiger partial charge in [-0.05, 0) is 32.6 Å². The van der Waals surface area contributed by atoms with E-state index in [1.165, 1.54) is 17.0 Å². The molecule has 0 saturated carbocycles. The number of nitrogens with zero attached hydrogens (tertiary/aromatic N) is 4. The molecule has 7 nitrogen and oxygen atoms in total. The Labute approximate surface area is 142 Å². The van der Waals surface area contributed by atoms with Crippen LogP contribution in [-0.2, 0) is 31.2 Å². The molecule has 1 fully saturated rings. The second-order valence-electron chi connectivity index (χ2n) is 6.34. The molecule has 1 aliphatic heterocycles. The third-order valence-corrected chi connectivity index (χ3v) is 4.63. The largest absolute Gasteiger partial charge is 0.364 e. The molecule has 2 atom stereocenters. The minimum absolute atomic E-state index is 0.0613. The maximum Gasteiger partial charge on any atom is 0.255 e. The van der Waals surface area contributed by atoms with Crippen LogP contribution in [0.1, 0.15) is 61.5 Å². The Morgan fingerprint density at radius 2 is 2.08 bits per heavy atom.